The summed E-state index contributed by atoms with van der Waals surface area (Å²) in [5, 5.41) is 19.5. The molecular formula is C16H15N5O5S. The van der Waals surface area contributed by atoms with Gasteiger partial charge in [0.2, 0.25) is 5.16 Å². The van der Waals surface area contributed by atoms with Crippen LogP contribution >= 0.6 is 11.8 Å². The summed E-state index contributed by atoms with van der Waals surface area (Å²) in [4.78, 5) is 10.2. The minimum atomic E-state index is -0.564. The number of rotatable bonds is 6. The summed E-state index contributed by atoms with van der Waals surface area (Å²) < 4.78 is 17.6. The van der Waals surface area contributed by atoms with Gasteiger partial charge in [0, 0.05) is 6.42 Å². The molecule has 0 saturated carbocycles. The van der Waals surface area contributed by atoms with E-state index >= 15 is 0 Å². The lowest BCUT2D eigenvalue weighted by Crippen LogP contribution is -2.15. The van der Waals surface area contributed by atoms with Crippen molar-refractivity contribution in [2.75, 3.05) is 19.6 Å². The SMILES string of the molecule is COc1ccc(Cc2nnc3n2NC(c2ccc([N+](=O)[O-])o2)S3)cc1OC. The first-order valence-corrected chi connectivity index (χ1v) is 8.79. The zero-order valence-electron chi connectivity index (χ0n) is 14.4. The molecule has 0 radical (unpaired) electrons. The van der Waals surface area contributed by atoms with Gasteiger partial charge in [-0.3, -0.25) is 10.1 Å². The summed E-state index contributed by atoms with van der Waals surface area (Å²) in [6.07, 6.45) is 0.520. The highest BCUT2D eigenvalue weighted by Crippen LogP contribution is 2.40. The molecule has 1 N–H and O–H groups in total. The van der Waals surface area contributed by atoms with Gasteiger partial charge < -0.3 is 19.3 Å². The Balaban J connectivity index is 1.53. The lowest BCUT2D eigenvalue weighted by Gasteiger charge is -2.11. The highest BCUT2D eigenvalue weighted by atomic mass is 32.2. The first kappa shape index (κ1) is 17.2. The third kappa shape index (κ3) is 3.16. The lowest BCUT2D eigenvalue weighted by atomic mass is 10.1. The number of methoxy groups -OCH3 is 2. The fourth-order valence-corrected chi connectivity index (χ4v) is 3.71. The monoisotopic (exact) mass is 389 g/mol. The Labute approximate surface area is 157 Å². The van der Waals surface area contributed by atoms with Gasteiger partial charge in [0.25, 0.3) is 0 Å². The number of ether oxygens (including phenoxy) is 2. The Morgan fingerprint density at radius 1 is 1.26 bits per heavy atom. The number of thioether (sulfide) groups is 1. The van der Waals surface area contributed by atoms with Crippen LogP contribution in [0.4, 0.5) is 5.88 Å². The van der Waals surface area contributed by atoms with Crippen LogP contribution in [0.5, 0.6) is 11.5 Å². The van der Waals surface area contributed by atoms with Crippen molar-refractivity contribution in [3.05, 3.63) is 57.6 Å². The summed E-state index contributed by atoms with van der Waals surface area (Å²) in [7, 11) is 3.17. The molecule has 0 aliphatic carbocycles. The summed E-state index contributed by atoms with van der Waals surface area (Å²) >= 11 is 1.38. The Bertz CT molecular complexity index is 1000. The Morgan fingerprint density at radius 3 is 2.78 bits per heavy atom. The number of furan rings is 1. The van der Waals surface area contributed by atoms with E-state index < -0.39 is 4.92 Å². The van der Waals surface area contributed by atoms with E-state index in [0.717, 1.165) is 5.56 Å². The van der Waals surface area contributed by atoms with Gasteiger partial charge in [-0.2, -0.15) is 0 Å². The van der Waals surface area contributed by atoms with E-state index in [1.54, 1.807) is 25.0 Å². The van der Waals surface area contributed by atoms with E-state index in [0.29, 0.717) is 34.7 Å². The summed E-state index contributed by atoms with van der Waals surface area (Å²) in [5.41, 5.74) is 4.18. The highest BCUT2D eigenvalue weighted by molar-refractivity contribution is 7.99. The first-order valence-electron chi connectivity index (χ1n) is 7.91. The van der Waals surface area contributed by atoms with Gasteiger partial charge in [0.15, 0.2) is 22.7 Å². The molecule has 0 amide bonds. The lowest BCUT2D eigenvalue weighted by molar-refractivity contribution is -0.402. The largest absolute Gasteiger partial charge is 0.493 e. The Kier molecular flexibility index (Phi) is 4.36. The molecule has 0 saturated heterocycles. The van der Waals surface area contributed by atoms with Crippen LogP contribution in [-0.2, 0) is 6.42 Å². The number of nitro groups is 1. The second-order valence-electron chi connectivity index (χ2n) is 5.66. The van der Waals surface area contributed by atoms with Gasteiger partial charge in [0.05, 0.1) is 20.3 Å². The maximum absolute atomic E-state index is 10.8. The molecule has 3 aromatic rings. The van der Waals surface area contributed by atoms with Crippen LogP contribution in [0.2, 0.25) is 0 Å². The van der Waals surface area contributed by atoms with E-state index in [9.17, 15) is 10.1 Å². The van der Waals surface area contributed by atoms with E-state index in [4.69, 9.17) is 13.9 Å². The zero-order valence-corrected chi connectivity index (χ0v) is 15.2. The molecule has 2 aromatic heterocycles. The average molecular weight is 389 g/mol. The van der Waals surface area contributed by atoms with Crippen molar-refractivity contribution in [2.24, 2.45) is 0 Å². The number of nitrogens with zero attached hydrogens (tertiary/aromatic N) is 4. The van der Waals surface area contributed by atoms with Crippen LogP contribution in [-0.4, -0.2) is 34.0 Å². The molecule has 1 atom stereocenters. The maximum Gasteiger partial charge on any atom is 0.433 e. The summed E-state index contributed by atoms with van der Waals surface area (Å²) in [6.45, 7) is 0. The molecule has 140 valence electrons. The Morgan fingerprint density at radius 2 is 2.07 bits per heavy atom. The maximum atomic E-state index is 10.8. The van der Waals surface area contributed by atoms with Crippen LogP contribution in [0.1, 0.15) is 22.5 Å². The summed E-state index contributed by atoms with van der Waals surface area (Å²) in [6, 6.07) is 8.56. The predicted molar refractivity (Wildman–Crippen MR) is 95.7 cm³/mol. The van der Waals surface area contributed by atoms with Gasteiger partial charge >= 0.3 is 5.88 Å². The molecular weight excluding hydrogens is 374 g/mol. The molecule has 27 heavy (non-hydrogen) atoms. The number of hydrogen-bond donors (Lipinski definition) is 1. The molecule has 0 spiro atoms. The van der Waals surface area contributed by atoms with E-state index in [1.807, 2.05) is 18.2 Å². The van der Waals surface area contributed by atoms with Crippen molar-refractivity contribution in [2.45, 2.75) is 17.0 Å². The topological polar surface area (TPSA) is 117 Å². The third-order valence-electron chi connectivity index (χ3n) is 4.03. The molecule has 11 heteroatoms. The second kappa shape index (κ2) is 6.83. The van der Waals surface area contributed by atoms with Crippen LogP contribution in [0.3, 0.4) is 0 Å². The first-order chi connectivity index (χ1) is 13.1. The van der Waals surface area contributed by atoms with E-state index in [1.165, 1.54) is 17.8 Å². The van der Waals surface area contributed by atoms with E-state index in [-0.39, 0.29) is 11.3 Å². The van der Waals surface area contributed by atoms with Gasteiger partial charge in [-0.15, -0.1) is 10.2 Å². The molecule has 1 aromatic carbocycles. The molecule has 3 heterocycles. The quantitative estimate of drug-likeness (QED) is 0.501. The molecule has 1 aliphatic rings. The van der Waals surface area contributed by atoms with Crippen LogP contribution in [0.15, 0.2) is 39.9 Å². The minimum absolute atomic E-state index is 0.291. The van der Waals surface area contributed by atoms with Crippen molar-refractivity contribution < 1.29 is 18.8 Å². The van der Waals surface area contributed by atoms with Gasteiger partial charge in [0.1, 0.15) is 10.7 Å². The third-order valence-corrected chi connectivity index (χ3v) is 5.08. The summed E-state index contributed by atoms with van der Waals surface area (Å²) in [5.74, 6) is 2.16. The number of nitrogens with one attached hydrogen (secondary N) is 1. The molecule has 1 unspecified atom stereocenters. The second-order valence-corrected chi connectivity index (χ2v) is 6.73. The minimum Gasteiger partial charge on any atom is -0.493 e. The van der Waals surface area contributed by atoms with Crippen molar-refractivity contribution in [3.63, 3.8) is 0 Å². The van der Waals surface area contributed by atoms with Crippen LogP contribution < -0.4 is 14.9 Å². The fraction of sp³-hybridized carbons (Fsp3) is 0.250. The predicted octanol–water partition coefficient (Wildman–Crippen LogP) is 2.74. The van der Waals surface area contributed by atoms with Crippen molar-refractivity contribution >= 4 is 17.6 Å². The number of aromatic nitrogens is 3. The van der Waals surface area contributed by atoms with Gasteiger partial charge in [-0.1, -0.05) is 6.07 Å². The Hall–Kier alpha value is -3.21. The van der Waals surface area contributed by atoms with Crippen molar-refractivity contribution in [3.8, 4) is 11.5 Å². The standard InChI is InChI=1S/C16H15N5O5S/c1-24-10-4-3-9(7-12(10)25-2)8-13-17-18-16-20(13)19-15(27-16)11-5-6-14(26-11)21(22)23/h3-7,15,19H,8H2,1-2H3. The smallest absolute Gasteiger partial charge is 0.433 e. The van der Waals surface area contributed by atoms with Crippen molar-refractivity contribution in [1.82, 2.24) is 14.9 Å². The van der Waals surface area contributed by atoms with Gasteiger partial charge in [-0.05, 0) is 35.5 Å². The van der Waals surface area contributed by atoms with Crippen LogP contribution in [0, 0.1) is 10.1 Å². The normalized spacial score (nSPS) is 15.3. The van der Waals surface area contributed by atoms with Crippen molar-refractivity contribution in [1.29, 1.82) is 0 Å². The molecule has 0 fully saturated rings. The zero-order chi connectivity index (χ0) is 19.0. The van der Waals surface area contributed by atoms with Gasteiger partial charge in [-0.25, -0.2) is 4.68 Å². The number of benzene rings is 1. The molecule has 0 bridgehead atoms. The molecule has 4 rings (SSSR count). The molecule has 10 nitrogen and oxygen atoms in total. The highest BCUT2D eigenvalue weighted by Gasteiger charge is 2.31. The fourth-order valence-electron chi connectivity index (χ4n) is 2.75. The van der Waals surface area contributed by atoms with E-state index in [2.05, 4.69) is 15.6 Å². The van der Waals surface area contributed by atoms with Crippen LogP contribution in [0.25, 0.3) is 0 Å². The number of hydrogen-bond acceptors (Lipinski definition) is 9. The average Bonchev–Trinajstić information content (AvgIpc) is 3.38. The number of fused-ring (bicyclic) bond motifs is 1. The molecule has 1 aliphatic heterocycles.